The minimum absolute atomic E-state index is 0.582. The Bertz CT molecular complexity index is 580. The zero-order valence-electron chi connectivity index (χ0n) is 11.4. The van der Waals surface area contributed by atoms with Gasteiger partial charge in [0, 0.05) is 19.1 Å². The summed E-state index contributed by atoms with van der Waals surface area (Å²) in [6.45, 7) is 3.75. The second kappa shape index (κ2) is 4.90. The summed E-state index contributed by atoms with van der Waals surface area (Å²) in [6, 6.07) is 8.92. The Morgan fingerprint density at radius 3 is 2.95 bits per heavy atom. The van der Waals surface area contributed by atoms with Gasteiger partial charge in [0.15, 0.2) is 0 Å². The first-order chi connectivity index (χ1) is 9.90. The average Bonchev–Trinajstić information content (AvgIpc) is 3.13. The van der Waals surface area contributed by atoms with E-state index >= 15 is 0 Å². The van der Waals surface area contributed by atoms with E-state index < -0.39 is 0 Å². The maximum absolute atomic E-state index is 4.24. The first-order valence-corrected chi connectivity index (χ1v) is 7.33. The van der Waals surface area contributed by atoms with Crippen molar-refractivity contribution in [3.05, 3.63) is 36.9 Å². The molecule has 1 aromatic heterocycles. The Balaban J connectivity index is 1.60. The molecule has 2 saturated heterocycles. The highest BCUT2D eigenvalue weighted by atomic mass is 15.3. The molecule has 2 bridgehead atoms. The van der Waals surface area contributed by atoms with Crippen LogP contribution in [0.5, 0.6) is 0 Å². The second-order valence-corrected chi connectivity index (χ2v) is 5.75. The summed E-state index contributed by atoms with van der Waals surface area (Å²) < 4.78 is 1.83. The molecule has 20 heavy (non-hydrogen) atoms. The van der Waals surface area contributed by atoms with Crippen molar-refractivity contribution >= 4 is 5.69 Å². The number of piperidine rings is 1. The summed E-state index contributed by atoms with van der Waals surface area (Å²) in [5, 5.41) is 8.00. The number of hydrogen-bond donors (Lipinski definition) is 1. The van der Waals surface area contributed by atoms with Crippen molar-refractivity contribution in [2.24, 2.45) is 5.92 Å². The summed E-state index contributed by atoms with van der Waals surface area (Å²) in [7, 11) is 0. The number of rotatable bonds is 3. The van der Waals surface area contributed by atoms with Crippen LogP contribution >= 0.6 is 0 Å². The van der Waals surface area contributed by atoms with Gasteiger partial charge in [-0.05, 0) is 37.4 Å². The molecule has 1 N–H and O–H groups in total. The largest absolute Gasteiger partial charge is 0.380 e. The van der Waals surface area contributed by atoms with Crippen molar-refractivity contribution in [3.63, 3.8) is 0 Å². The Kier molecular flexibility index (Phi) is 2.92. The minimum atomic E-state index is 0.582. The van der Waals surface area contributed by atoms with Crippen molar-refractivity contribution in [3.8, 4) is 5.69 Å². The third-order valence-corrected chi connectivity index (χ3v) is 4.54. The quantitative estimate of drug-likeness (QED) is 0.922. The van der Waals surface area contributed by atoms with Crippen molar-refractivity contribution in [1.82, 2.24) is 19.7 Å². The SMILES string of the molecule is c1ccc(-n2cncn2)c(NC2CCN3CCC2C3)c1. The van der Waals surface area contributed by atoms with Gasteiger partial charge in [-0.3, -0.25) is 0 Å². The molecular formula is C15H19N5. The predicted molar refractivity (Wildman–Crippen MR) is 77.9 cm³/mol. The molecule has 2 aliphatic rings. The predicted octanol–water partition coefficient (Wildman–Crippen LogP) is 1.77. The molecule has 3 unspecified atom stereocenters. The molecule has 3 atom stereocenters. The van der Waals surface area contributed by atoms with Crippen molar-refractivity contribution in [1.29, 1.82) is 0 Å². The lowest BCUT2D eigenvalue weighted by Crippen LogP contribution is -2.39. The summed E-state index contributed by atoms with van der Waals surface area (Å²) in [6.07, 6.45) is 5.88. The standard InChI is InChI=1S/C15H19N5/c1-2-4-15(20-11-16-10-17-20)14(3-1)18-13-6-8-19-7-5-12(13)9-19/h1-4,10-13,18H,5-9H2. The number of aromatic nitrogens is 3. The monoisotopic (exact) mass is 269 g/mol. The zero-order valence-corrected chi connectivity index (χ0v) is 11.4. The first-order valence-electron chi connectivity index (χ1n) is 7.33. The zero-order chi connectivity index (χ0) is 13.4. The molecular weight excluding hydrogens is 250 g/mol. The van der Waals surface area contributed by atoms with Crippen LogP contribution in [0.3, 0.4) is 0 Å². The average molecular weight is 269 g/mol. The molecule has 0 radical (unpaired) electrons. The molecule has 5 nitrogen and oxygen atoms in total. The summed E-state index contributed by atoms with van der Waals surface area (Å²) in [5.41, 5.74) is 2.23. The molecule has 0 spiro atoms. The lowest BCUT2D eigenvalue weighted by Gasteiger charge is -2.32. The summed E-state index contributed by atoms with van der Waals surface area (Å²) >= 11 is 0. The van der Waals surface area contributed by atoms with Crippen LogP contribution in [0.25, 0.3) is 5.69 Å². The fourth-order valence-corrected chi connectivity index (χ4v) is 3.47. The van der Waals surface area contributed by atoms with Crippen molar-refractivity contribution in [2.75, 3.05) is 25.0 Å². The van der Waals surface area contributed by atoms with Gasteiger partial charge in [0.05, 0.1) is 11.4 Å². The van der Waals surface area contributed by atoms with Crippen LogP contribution < -0.4 is 5.32 Å². The summed E-state index contributed by atoms with van der Waals surface area (Å²) in [5.74, 6) is 0.785. The van der Waals surface area contributed by atoms with E-state index in [9.17, 15) is 0 Å². The number of benzene rings is 1. The maximum atomic E-state index is 4.24. The lowest BCUT2D eigenvalue weighted by atomic mass is 9.94. The molecule has 0 saturated carbocycles. The molecule has 0 aliphatic carbocycles. The van der Waals surface area contributed by atoms with Gasteiger partial charge in [-0.1, -0.05) is 12.1 Å². The number of hydrogen-bond acceptors (Lipinski definition) is 4. The molecule has 2 fully saturated rings. The molecule has 0 amide bonds. The third-order valence-electron chi connectivity index (χ3n) is 4.54. The molecule has 3 heterocycles. The van der Waals surface area contributed by atoms with E-state index in [1.807, 2.05) is 10.7 Å². The van der Waals surface area contributed by atoms with E-state index in [2.05, 4.69) is 38.5 Å². The molecule has 104 valence electrons. The number of nitrogens with zero attached hydrogens (tertiary/aromatic N) is 4. The van der Waals surface area contributed by atoms with Crippen LogP contribution in [0.2, 0.25) is 0 Å². The Hall–Kier alpha value is -1.88. The Labute approximate surface area is 118 Å². The molecule has 5 heteroatoms. The van der Waals surface area contributed by atoms with Crippen molar-refractivity contribution < 1.29 is 0 Å². The van der Waals surface area contributed by atoms with E-state index in [0.717, 1.165) is 17.3 Å². The lowest BCUT2D eigenvalue weighted by molar-refractivity contribution is 0.255. The number of anilines is 1. The van der Waals surface area contributed by atoms with Gasteiger partial charge in [-0.15, -0.1) is 0 Å². The Morgan fingerprint density at radius 1 is 1.15 bits per heavy atom. The van der Waals surface area contributed by atoms with Crippen LogP contribution in [0.15, 0.2) is 36.9 Å². The number of para-hydroxylation sites is 2. The van der Waals surface area contributed by atoms with E-state index in [1.54, 1.807) is 12.7 Å². The third kappa shape index (κ3) is 2.08. The number of nitrogens with one attached hydrogen (secondary N) is 1. The van der Waals surface area contributed by atoms with Gasteiger partial charge in [-0.2, -0.15) is 5.10 Å². The van der Waals surface area contributed by atoms with E-state index in [1.165, 1.54) is 32.5 Å². The van der Waals surface area contributed by atoms with Gasteiger partial charge in [0.1, 0.15) is 12.7 Å². The molecule has 4 rings (SSSR count). The van der Waals surface area contributed by atoms with Crippen molar-refractivity contribution in [2.45, 2.75) is 18.9 Å². The number of fused-ring (bicyclic) bond motifs is 2. The highest BCUT2D eigenvalue weighted by Gasteiger charge is 2.34. The van der Waals surface area contributed by atoms with Gasteiger partial charge >= 0.3 is 0 Å². The fourth-order valence-electron chi connectivity index (χ4n) is 3.47. The topological polar surface area (TPSA) is 46.0 Å². The van der Waals surface area contributed by atoms with E-state index in [0.29, 0.717) is 6.04 Å². The fraction of sp³-hybridized carbons (Fsp3) is 0.467. The van der Waals surface area contributed by atoms with Gasteiger partial charge < -0.3 is 10.2 Å². The minimum Gasteiger partial charge on any atom is -0.380 e. The first kappa shape index (κ1) is 11.9. The van der Waals surface area contributed by atoms with Gasteiger partial charge in [0.25, 0.3) is 0 Å². The molecule has 2 aliphatic heterocycles. The van der Waals surface area contributed by atoms with Gasteiger partial charge in [0.2, 0.25) is 0 Å². The van der Waals surface area contributed by atoms with Gasteiger partial charge in [-0.25, -0.2) is 9.67 Å². The highest BCUT2D eigenvalue weighted by Crippen LogP contribution is 2.30. The Morgan fingerprint density at radius 2 is 2.05 bits per heavy atom. The normalized spacial score (nSPS) is 28.5. The van der Waals surface area contributed by atoms with E-state index in [-0.39, 0.29) is 0 Å². The van der Waals surface area contributed by atoms with Crippen LogP contribution in [0.1, 0.15) is 12.8 Å². The maximum Gasteiger partial charge on any atom is 0.138 e. The summed E-state index contributed by atoms with van der Waals surface area (Å²) in [4.78, 5) is 6.62. The highest BCUT2D eigenvalue weighted by molar-refractivity contribution is 5.61. The van der Waals surface area contributed by atoms with E-state index in [4.69, 9.17) is 0 Å². The second-order valence-electron chi connectivity index (χ2n) is 5.75. The van der Waals surface area contributed by atoms with Crippen LogP contribution in [-0.4, -0.2) is 45.3 Å². The smallest absolute Gasteiger partial charge is 0.138 e. The van der Waals surface area contributed by atoms with Crippen LogP contribution in [-0.2, 0) is 0 Å². The molecule has 1 aromatic carbocycles. The molecule has 2 aromatic rings. The van der Waals surface area contributed by atoms with Crippen LogP contribution in [0.4, 0.5) is 5.69 Å². The van der Waals surface area contributed by atoms with Crippen LogP contribution in [0, 0.1) is 5.92 Å².